The molecule has 0 aliphatic heterocycles. The van der Waals surface area contributed by atoms with Gasteiger partial charge in [0, 0.05) is 0 Å². The molecular formula is C6H6Cl2N2O2. The van der Waals surface area contributed by atoms with E-state index in [4.69, 9.17) is 32.7 Å². The van der Waals surface area contributed by atoms with Gasteiger partial charge in [-0.1, -0.05) is 23.2 Å². The Balaban J connectivity index is 3.19. The van der Waals surface area contributed by atoms with Crippen molar-refractivity contribution in [1.29, 1.82) is 0 Å². The minimum atomic E-state index is 0.111. The molecule has 66 valence electrons. The fourth-order valence-electron chi connectivity index (χ4n) is 0.609. The maximum atomic E-state index is 5.68. The largest absolute Gasteiger partial charge is 0.480 e. The summed E-state index contributed by atoms with van der Waals surface area (Å²) in [7, 11) is 2.86. The first kappa shape index (κ1) is 9.35. The standard InChI is InChI=1S/C6H6Cl2N2O2/c1-11-5-3(7)4(8)9-6(10-5)12-2/h1-2H3. The van der Waals surface area contributed by atoms with Gasteiger partial charge in [-0.15, -0.1) is 0 Å². The van der Waals surface area contributed by atoms with Crippen LogP contribution in [0.2, 0.25) is 10.2 Å². The van der Waals surface area contributed by atoms with E-state index in [0.717, 1.165) is 0 Å². The fourth-order valence-corrected chi connectivity index (χ4v) is 0.924. The Labute approximate surface area is 79.4 Å². The van der Waals surface area contributed by atoms with Crippen molar-refractivity contribution in [2.75, 3.05) is 14.2 Å². The lowest BCUT2D eigenvalue weighted by atomic mass is 10.6. The molecule has 0 saturated heterocycles. The second-order valence-corrected chi connectivity index (χ2v) is 2.56. The number of hydrogen-bond donors (Lipinski definition) is 0. The van der Waals surface area contributed by atoms with Crippen molar-refractivity contribution in [1.82, 2.24) is 9.97 Å². The Kier molecular flexibility index (Phi) is 2.94. The molecule has 12 heavy (non-hydrogen) atoms. The monoisotopic (exact) mass is 208 g/mol. The van der Waals surface area contributed by atoms with E-state index in [1.807, 2.05) is 0 Å². The van der Waals surface area contributed by atoms with Gasteiger partial charge in [0.15, 0.2) is 5.15 Å². The number of ether oxygens (including phenoxy) is 2. The van der Waals surface area contributed by atoms with Crippen molar-refractivity contribution in [2.45, 2.75) is 0 Å². The lowest BCUT2D eigenvalue weighted by Gasteiger charge is -2.04. The van der Waals surface area contributed by atoms with Crippen molar-refractivity contribution in [3.63, 3.8) is 0 Å². The third-order valence-electron chi connectivity index (χ3n) is 1.14. The van der Waals surface area contributed by atoms with Crippen molar-refractivity contribution >= 4 is 23.2 Å². The van der Waals surface area contributed by atoms with Crippen LogP contribution in [0, 0.1) is 0 Å². The molecule has 1 rings (SSSR count). The molecule has 0 aromatic carbocycles. The molecule has 0 spiro atoms. The summed E-state index contributed by atoms with van der Waals surface area (Å²) in [5.74, 6) is 0.202. The SMILES string of the molecule is COc1nc(Cl)c(Cl)c(OC)n1. The van der Waals surface area contributed by atoms with Crippen LogP contribution in [-0.4, -0.2) is 24.2 Å². The summed E-state index contributed by atoms with van der Waals surface area (Å²) in [5, 5.41) is 0.292. The van der Waals surface area contributed by atoms with Crippen LogP contribution in [0.4, 0.5) is 0 Å². The van der Waals surface area contributed by atoms with Gasteiger partial charge < -0.3 is 9.47 Å². The van der Waals surface area contributed by atoms with Gasteiger partial charge in [0.25, 0.3) is 0 Å². The van der Waals surface area contributed by atoms with E-state index >= 15 is 0 Å². The highest BCUT2D eigenvalue weighted by Crippen LogP contribution is 2.29. The topological polar surface area (TPSA) is 44.2 Å². The molecule has 0 fully saturated rings. The molecular weight excluding hydrogens is 203 g/mol. The number of halogens is 2. The normalized spacial score (nSPS) is 9.67. The second kappa shape index (κ2) is 3.78. The number of rotatable bonds is 2. The van der Waals surface area contributed by atoms with E-state index in [0.29, 0.717) is 0 Å². The van der Waals surface area contributed by atoms with Gasteiger partial charge in [-0.25, -0.2) is 0 Å². The molecule has 0 N–H and O–H groups in total. The van der Waals surface area contributed by atoms with Gasteiger partial charge >= 0.3 is 6.01 Å². The van der Waals surface area contributed by atoms with Gasteiger partial charge in [-0.2, -0.15) is 9.97 Å². The van der Waals surface area contributed by atoms with Crippen LogP contribution in [-0.2, 0) is 0 Å². The minimum absolute atomic E-state index is 0.111. The van der Waals surface area contributed by atoms with E-state index in [1.54, 1.807) is 0 Å². The van der Waals surface area contributed by atoms with Crippen molar-refractivity contribution in [3.05, 3.63) is 10.2 Å². The summed E-state index contributed by atoms with van der Waals surface area (Å²) in [6.45, 7) is 0. The van der Waals surface area contributed by atoms with Crippen LogP contribution in [0.3, 0.4) is 0 Å². The van der Waals surface area contributed by atoms with E-state index in [1.165, 1.54) is 14.2 Å². The lowest BCUT2D eigenvalue weighted by Crippen LogP contribution is -1.96. The number of aromatic nitrogens is 2. The lowest BCUT2D eigenvalue weighted by molar-refractivity contribution is 0.352. The molecule has 0 atom stereocenters. The molecule has 1 aromatic rings. The zero-order valence-corrected chi connectivity index (χ0v) is 7.98. The van der Waals surface area contributed by atoms with Crippen molar-refractivity contribution < 1.29 is 9.47 Å². The molecule has 1 heterocycles. The van der Waals surface area contributed by atoms with Crippen LogP contribution in [0.15, 0.2) is 0 Å². The van der Waals surface area contributed by atoms with Crippen LogP contribution in [0.5, 0.6) is 11.9 Å². The smallest absolute Gasteiger partial charge is 0.320 e. The Hall–Kier alpha value is -0.740. The average Bonchev–Trinajstić information content (AvgIpc) is 2.09. The minimum Gasteiger partial charge on any atom is -0.480 e. The Morgan fingerprint density at radius 1 is 1.08 bits per heavy atom. The third-order valence-corrected chi connectivity index (χ3v) is 1.85. The molecule has 1 aromatic heterocycles. The van der Waals surface area contributed by atoms with Gasteiger partial charge in [0.1, 0.15) is 5.02 Å². The summed E-state index contributed by atoms with van der Waals surface area (Å²) in [6.07, 6.45) is 0. The molecule has 0 aliphatic rings. The first-order chi connectivity index (χ1) is 5.69. The number of hydrogen-bond acceptors (Lipinski definition) is 4. The van der Waals surface area contributed by atoms with Crippen molar-refractivity contribution in [3.8, 4) is 11.9 Å². The maximum Gasteiger partial charge on any atom is 0.320 e. The zero-order chi connectivity index (χ0) is 9.14. The van der Waals surface area contributed by atoms with Gasteiger partial charge in [0.05, 0.1) is 14.2 Å². The molecule has 0 bridgehead atoms. The average molecular weight is 209 g/mol. The van der Waals surface area contributed by atoms with Crippen LogP contribution in [0.25, 0.3) is 0 Å². The van der Waals surface area contributed by atoms with Crippen LogP contribution < -0.4 is 9.47 Å². The molecule has 0 radical (unpaired) electrons. The molecule has 6 heteroatoms. The van der Waals surface area contributed by atoms with Gasteiger partial charge in [-0.05, 0) is 0 Å². The Morgan fingerprint density at radius 2 is 1.75 bits per heavy atom. The highest BCUT2D eigenvalue weighted by atomic mass is 35.5. The number of methoxy groups -OCH3 is 2. The molecule has 0 unspecified atom stereocenters. The second-order valence-electron chi connectivity index (χ2n) is 1.82. The van der Waals surface area contributed by atoms with Gasteiger partial charge in [-0.3, -0.25) is 0 Å². The summed E-state index contributed by atoms with van der Waals surface area (Å²) < 4.78 is 9.57. The summed E-state index contributed by atoms with van der Waals surface area (Å²) in [6, 6.07) is 0.126. The van der Waals surface area contributed by atoms with Gasteiger partial charge in [0.2, 0.25) is 5.88 Å². The summed E-state index contributed by atoms with van der Waals surface area (Å²) in [4.78, 5) is 7.52. The molecule has 0 aliphatic carbocycles. The zero-order valence-electron chi connectivity index (χ0n) is 6.47. The number of nitrogens with zero attached hydrogens (tertiary/aromatic N) is 2. The predicted molar refractivity (Wildman–Crippen MR) is 45.2 cm³/mol. The third kappa shape index (κ3) is 1.70. The van der Waals surface area contributed by atoms with E-state index in [2.05, 4.69) is 9.97 Å². The Morgan fingerprint density at radius 3 is 2.25 bits per heavy atom. The highest BCUT2D eigenvalue weighted by molar-refractivity contribution is 6.42. The highest BCUT2D eigenvalue weighted by Gasteiger charge is 2.11. The predicted octanol–water partition coefficient (Wildman–Crippen LogP) is 1.80. The van der Waals surface area contributed by atoms with E-state index < -0.39 is 0 Å². The van der Waals surface area contributed by atoms with E-state index in [9.17, 15) is 0 Å². The quantitative estimate of drug-likeness (QED) is 0.696. The Bertz CT molecular complexity index is 293. The van der Waals surface area contributed by atoms with Crippen LogP contribution in [0.1, 0.15) is 0 Å². The first-order valence-electron chi connectivity index (χ1n) is 3.00. The first-order valence-corrected chi connectivity index (χ1v) is 3.75. The molecule has 0 saturated carbocycles. The fraction of sp³-hybridized carbons (Fsp3) is 0.333. The summed E-state index contributed by atoms with van der Waals surface area (Å²) >= 11 is 11.3. The van der Waals surface area contributed by atoms with Crippen LogP contribution >= 0.6 is 23.2 Å². The van der Waals surface area contributed by atoms with E-state index in [-0.39, 0.29) is 22.1 Å². The molecule has 4 nitrogen and oxygen atoms in total. The maximum absolute atomic E-state index is 5.68. The summed E-state index contributed by atoms with van der Waals surface area (Å²) in [5.41, 5.74) is 0. The van der Waals surface area contributed by atoms with Crippen molar-refractivity contribution in [2.24, 2.45) is 0 Å². The molecule has 0 amide bonds.